The number of fused-ring (bicyclic) bond motifs is 1. The topological polar surface area (TPSA) is 0 Å². The molecular formula is C21H26Si. The molecule has 22 heavy (non-hydrogen) atoms. The zero-order valence-electron chi connectivity index (χ0n) is 14.4. The van der Waals surface area contributed by atoms with Gasteiger partial charge in [0.2, 0.25) is 0 Å². The molecule has 1 aliphatic rings. The number of benzene rings is 2. The second-order valence-corrected chi connectivity index (χ2v) is 12.8. The van der Waals surface area contributed by atoms with E-state index in [2.05, 4.69) is 82.0 Å². The van der Waals surface area contributed by atoms with E-state index in [0.717, 1.165) is 6.42 Å². The molecule has 0 saturated heterocycles. The summed E-state index contributed by atoms with van der Waals surface area (Å²) in [6.45, 7) is 11.9. The van der Waals surface area contributed by atoms with Crippen LogP contribution in [0.4, 0.5) is 0 Å². The fourth-order valence-electron chi connectivity index (χ4n) is 3.28. The van der Waals surface area contributed by atoms with E-state index in [4.69, 9.17) is 0 Å². The predicted octanol–water partition coefficient (Wildman–Crippen LogP) is 5.59. The van der Waals surface area contributed by atoms with Crippen LogP contribution in [-0.4, -0.2) is 8.07 Å². The molecule has 114 valence electrons. The van der Waals surface area contributed by atoms with Crippen molar-refractivity contribution in [2.24, 2.45) is 0 Å². The molecule has 3 rings (SSSR count). The number of hydrogen-bond donors (Lipinski definition) is 0. The highest BCUT2D eigenvalue weighted by atomic mass is 28.3. The van der Waals surface area contributed by atoms with Crippen molar-refractivity contribution in [1.82, 2.24) is 0 Å². The quantitative estimate of drug-likeness (QED) is 0.648. The maximum absolute atomic E-state index is 2.48. The highest BCUT2D eigenvalue weighted by molar-refractivity contribution is 6.88. The lowest BCUT2D eigenvalue weighted by atomic mass is 9.89. The first-order valence-corrected chi connectivity index (χ1v) is 11.8. The third-order valence-electron chi connectivity index (χ3n) is 4.65. The number of hydrogen-bond acceptors (Lipinski definition) is 0. The smallest absolute Gasteiger partial charge is 0.0776 e. The van der Waals surface area contributed by atoms with Gasteiger partial charge in [-0.3, -0.25) is 0 Å². The van der Waals surface area contributed by atoms with Gasteiger partial charge in [-0.2, -0.15) is 0 Å². The van der Waals surface area contributed by atoms with Crippen molar-refractivity contribution in [2.75, 3.05) is 0 Å². The lowest BCUT2D eigenvalue weighted by molar-refractivity contribution is 0.870. The average Bonchev–Trinajstić information content (AvgIpc) is 2.94. The van der Waals surface area contributed by atoms with Gasteiger partial charge in [0.25, 0.3) is 0 Å². The van der Waals surface area contributed by atoms with E-state index >= 15 is 0 Å². The van der Waals surface area contributed by atoms with E-state index < -0.39 is 8.07 Å². The molecule has 0 spiro atoms. The standard InChI is InChI=1S/C21H26Si/c1-15(2)21-14-17(22(3,4)5)12-13-20(21)19-11-7-9-16-8-6-10-18(16)19/h6-7,9-15H,8H2,1-5H3. The lowest BCUT2D eigenvalue weighted by Gasteiger charge is -2.22. The molecule has 2 aromatic carbocycles. The molecule has 0 unspecified atom stereocenters. The zero-order valence-corrected chi connectivity index (χ0v) is 15.4. The van der Waals surface area contributed by atoms with Crippen LogP contribution >= 0.6 is 0 Å². The van der Waals surface area contributed by atoms with Gasteiger partial charge in [-0.25, -0.2) is 0 Å². The summed E-state index contributed by atoms with van der Waals surface area (Å²) in [5.41, 5.74) is 7.19. The van der Waals surface area contributed by atoms with E-state index in [0.29, 0.717) is 5.92 Å². The third kappa shape index (κ3) is 2.70. The molecular weight excluding hydrogens is 280 g/mol. The van der Waals surface area contributed by atoms with Crippen molar-refractivity contribution in [3.8, 4) is 11.1 Å². The molecule has 0 bridgehead atoms. The summed E-state index contributed by atoms with van der Waals surface area (Å²) in [7, 11) is -1.27. The molecule has 0 fully saturated rings. The van der Waals surface area contributed by atoms with Crippen molar-refractivity contribution < 1.29 is 0 Å². The van der Waals surface area contributed by atoms with E-state index in [-0.39, 0.29) is 0 Å². The van der Waals surface area contributed by atoms with Gasteiger partial charge in [0.15, 0.2) is 0 Å². The molecule has 0 saturated carbocycles. The fourth-order valence-corrected chi connectivity index (χ4v) is 4.45. The van der Waals surface area contributed by atoms with Crippen LogP contribution in [0.25, 0.3) is 17.2 Å². The summed E-state index contributed by atoms with van der Waals surface area (Å²) in [6.07, 6.45) is 5.65. The second-order valence-electron chi connectivity index (χ2n) is 7.69. The summed E-state index contributed by atoms with van der Waals surface area (Å²) >= 11 is 0. The van der Waals surface area contributed by atoms with Crippen LogP contribution in [0.15, 0.2) is 42.5 Å². The zero-order chi connectivity index (χ0) is 15.9. The van der Waals surface area contributed by atoms with Gasteiger partial charge >= 0.3 is 0 Å². The molecule has 2 aromatic rings. The Balaban J connectivity index is 2.20. The van der Waals surface area contributed by atoms with E-state index in [9.17, 15) is 0 Å². The highest BCUT2D eigenvalue weighted by Gasteiger charge is 2.20. The molecule has 0 amide bonds. The molecule has 0 nitrogen and oxygen atoms in total. The van der Waals surface area contributed by atoms with Gasteiger partial charge in [0.1, 0.15) is 0 Å². The SMILES string of the molecule is CC(C)c1cc([Si](C)(C)C)ccc1-c1cccc2c1C=CC2. The van der Waals surface area contributed by atoms with Crippen molar-refractivity contribution in [1.29, 1.82) is 0 Å². The fraction of sp³-hybridized carbons (Fsp3) is 0.333. The van der Waals surface area contributed by atoms with Gasteiger partial charge in [-0.1, -0.05) is 87.2 Å². The van der Waals surface area contributed by atoms with Crippen LogP contribution in [0.1, 0.15) is 36.5 Å². The summed E-state index contributed by atoms with van der Waals surface area (Å²) in [4.78, 5) is 0. The molecule has 0 aromatic heterocycles. The minimum absolute atomic E-state index is 0.549. The van der Waals surface area contributed by atoms with Crippen molar-refractivity contribution in [3.05, 3.63) is 59.2 Å². The van der Waals surface area contributed by atoms with E-state index in [1.165, 1.54) is 27.8 Å². The minimum Gasteiger partial charge on any atom is -0.0795 e. The molecule has 0 N–H and O–H groups in total. The summed E-state index contributed by atoms with van der Waals surface area (Å²) < 4.78 is 0. The maximum Gasteiger partial charge on any atom is 0.0776 e. The molecule has 1 heteroatoms. The van der Waals surface area contributed by atoms with E-state index in [1.54, 1.807) is 5.19 Å². The Morgan fingerprint density at radius 1 is 0.955 bits per heavy atom. The van der Waals surface area contributed by atoms with Crippen LogP contribution in [0, 0.1) is 0 Å². The Hall–Kier alpha value is -1.60. The largest absolute Gasteiger partial charge is 0.0795 e. The van der Waals surface area contributed by atoms with Crippen LogP contribution in [0.5, 0.6) is 0 Å². The van der Waals surface area contributed by atoms with Crippen LogP contribution in [-0.2, 0) is 6.42 Å². The predicted molar refractivity (Wildman–Crippen MR) is 102 cm³/mol. The summed E-state index contributed by atoms with van der Waals surface area (Å²) in [6, 6.07) is 14.0. The molecule has 0 radical (unpaired) electrons. The van der Waals surface area contributed by atoms with Crippen LogP contribution < -0.4 is 5.19 Å². The normalized spacial score (nSPS) is 13.7. The molecule has 0 heterocycles. The molecule has 1 aliphatic carbocycles. The van der Waals surface area contributed by atoms with Crippen molar-refractivity contribution >= 4 is 19.3 Å². The Labute approximate surface area is 135 Å². The number of allylic oxidation sites excluding steroid dienone is 1. The first kappa shape index (κ1) is 15.3. The Kier molecular flexibility index (Phi) is 3.86. The maximum atomic E-state index is 2.48. The highest BCUT2D eigenvalue weighted by Crippen LogP contribution is 2.35. The van der Waals surface area contributed by atoms with Crippen LogP contribution in [0.3, 0.4) is 0 Å². The second kappa shape index (κ2) is 5.55. The summed E-state index contributed by atoms with van der Waals surface area (Å²) in [5, 5.41) is 1.56. The van der Waals surface area contributed by atoms with Gasteiger partial charge < -0.3 is 0 Å². The molecule has 0 atom stereocenters. The van der Waals surface area contributed by atoms with Gasteiger partial charge in [-0.05, 0) is 40.2 Å². The first-order valence-electron chi connectivity index (χ1n) is 8.31. The van der Waals surface area contributed by atoms with Gasteiger partial charge in [0, 0.05) is 0 Å². The third-order valence-corrected chi connectivity index (χ3v) is 6.69. The Bertz CT molecular complexity index is 730. The number of rotatable bonds is 3. The Morgan fingerprint density at radius 3 is 2.41 bits per heavy atom. The van der Waals surface area contributed by atoms with Crippen molar-refractivity contribution in [2.45, 2.75) is 45.8 Å². The monoisotopic (exact) mass is 306 g/mol. The van der Waals surface area contributed by atoms with Gasteiger partial charge in [0.05, 0.1) is 8.07 Å². The van der Waals surface area contributed by atoms with Crippen LogP contribution in [0.2, 0.25) is 19.6 Å². The minimum atomic E-state index is -1.27. The van der Waals surface area contributed by atoms with Crippen molar-refractivity contribution in [3.63, 3.8) is 0 Å². The summed E-state index contributed by atoms with van der Waals surface area (Å²) in [5.74, 6) is 0.549. The average molecular weight is 307 g/mol. The van der Waals surface area contributed by atoms with Gasteiger partial charge in [-0.15, -0.1) is 0 Å². The first-order chi connectivity index (χ1) is 10.4. The Morgan fingerprint density at radius 2 is 1.73 bits per heavy atom. The lowest BCUT2D eigenvalue weighted by Crippen LogP contribution is -2.37. The van der Waals surface area contributed by atoms with E-state index in [1.807, 2.05) is 0 Å². The molecule has 0 aliphatic heterocycles.